The fraction of sp³-hybridized carbons (Fsp3) is 0.769. The molecule has 0 aromatic rings. The summed E-state index contributed by atoms with van der Waals surface area (Å²) in [5.41, 5.74) is 0. The molecule has 0 atom stereocenters. The van der Waals surface area contributed by atoms with Crippen LogP contribution in [0.1, 0.15) is 58.3 Å². The Hall–Kier alpha value is -0.790. The van der Waals surface area contributed by atoms with E-state index in [1.165, 1.54) is 19.3 Å². The molecule has 0 heterocycles. The van der Waals surface area contributed by atoms with Gasteiger partial charge in [-0.1, -0.05) is 32.3 Å². The highest BCUT2D eigenvalue weighted by Gasteiger charge is 1.99. The molecule has 0 aliphatic rings. The second-order valence-corrected chi connectivity index (χ2v) is 3.82. The Morgan fingerprint density at radius 3 is 2.53 bits per heavy atom. The highest BCUT2D eigenvalue weighted by Crippen LogP contribution is 2.05. The van der Waals surface area contributed by atoms with Crippen LogP contribution in [-0.2, 0) is 9.53 Å². The topological polar surface area (TPSA) is 26.3 Å². The molecule has 0 saturated carbocycles. The Balaban J connectivity index is 3.04. The van der Waals surface area contributed by atoms with Gasteiger partial charge in [0.25, 0.3) is 0 Å². The molecule has 0 saturated heterocycles. The summed E-state index contributed by atoms with van der Waals surface area (Å²) in [5, 5.41) is 0. The molecule has 0 fully saturated rings. The van der Waals surface area contributed by atoms with Gasteiger partial charge in [-0.2, -0.15) is 0 Å². The van der Waals surface area contributed by atoms with Gasteiger partial charge in [-0.15, -0.1) is 6.58 Å². The van der Waals surface area contributed by atoms with Gasteiger partial charge < -0.3 is 4.74 Å². The molecule has 2 heteroatoms. The molecule has 0 aromatic carbocycles. The molecule has 0 unspecified atom stereocenters. The molecular formula is C13H24O2. The van der Waals surface area contributed by atoms with Crippen molar-refractivity contribution in [3.8, 4) is 0 Å². The molecule has 88 valence electrons. The lowest BCUT2D eigenvalue weighted by molar-refractivity contribution is -0.143. The normalized spacial score (nSPS) is 9.93. The number of allylic oxidation sites excluding steroid dienone is 1. The quantitative estimate of drug-likeness (QED) is 0.312. The Morgan fingerprint density at radius 1 is 1.20 bits per heavy atom. The molecule has 0 N–H and O–H groups in total. The average Bonchev–Trinajstić information content (AvgIpc) is 2.22. The first-order valence-electron chi connectivity index (χ1n) is 6.07. The van der Waals surface area contributed by atoms with E-state index >= 15 is 0 Å². The van der Waals surface area contributed by atoms with Crippen molar-refractivity contribution in [2.24, 2.45) is 0 Å². The smallest absolute Gasteiger partial charge is 0.305 e. The fourth-order valence-electron chi connectivity index (χ4n) is 1.38. The van der Waals surface area contributed by atoms with Gasteiger partial charge in [0.2, 0.25) is 0 Å². The number of hydrogen-bond acceptors (Lipinski definition) is 2. The zero-order valence-electron chi connectivity index (χ0n) is 9.96. The summed E-state index contributed by atoms with van der Waals surface area (Å²) in [6, 6.07) is 0. The predicted molar refractivity (Wildman–Crippen MR) is 63.8 cm³/mol. The number of ether oxygens (including phenoxy) is 1. The minimum atomic E-state index is -0.0517. The zero-order chi connectivity index (χ0) is 11.4. The summed E-state index contributed by atoms with van der Waals surface area (Å²) in [6.07, 6.45) is 10.4. The maximum Gasteiger partial charge on any atom is 0.305 e. The molecule has 0 radical (unpaired) electrons. The molecule has 0 amide bonds. The number of carbonyl (C=O) groups is 1. The SMILES string of the molecule is C=CCCCCCCCOC(=O)CCC. The van der Waals surface area contributed by atoms with Gasteiger partial charge in [-0.05, 0) is 25.7 Å². The van der Waals surface area contributed by atoms with Crippen molar-refractivity contribution in [1.29, 1.82) is 0 Å². The van der Waals surface area contributed by atoms with E-state index in [4.69, 9.17) is 4.74 Å². The van der Waals surface area contributed by atoms with Gasteiger partial charge in [0.1, 0.15) is 0 Å². The Labute approximate surface area is 93.7 Å². The van der Waals surface area contributed by atoms with E-state index in [1.54, 1.807) is 0 Å². The second-order valence-electron chi connectivity index (χ2n) is 3.82. The van der Waals surface area contributed by atoms with Crippen LogP contribution in [0.4, 0.5) is 0 Å². The maximum atomic E-state index is 11.0. The largest absolute Gasteiger partial charge is 0.466 e. The van der Waals surface area contributed by atoms with Crippen LogP contribution in [0.5, 0.6) is 0 Å². The highest BCUT2D eigenvalue weighted by molar-refractivity contribution is 5.69. The van der Waals surface area contributed by atoms with Crippen molar-refractivity contribution in [1.82, 2.24) is 0 Å². The van der Waals surface area contributed by atoms with Crippen LogP contribution in [-0.4, -0.2) is 12.6 Å². The second kappa shape index (κ2) is 11.3. The van der Waals surface area contributed by atoms with Crippen molar-refractivity contribution < 1.29 is 9.53 Å². The third-order valence-electron chi connectivity index (χ3n) is 2.27. The number of hydrogen-bond donors (Lipinski definition) is 0. The summed E-state index contributed by atoms with van der Waals surface area (Å²) in [6.45, 7) is 6.27. The van der Waals surface area contributed by atoms with Crippen LogP contribution >= 0.6 is 0 Å². The summed E-state index contributed by atoms with van der Waals surface area (Å²) in [7, 11) is 0. The van der Waals surface area contributed by atoms with Gasteiger partial charge in [0.15, 0.2) is 0 Å². The lowest BCUT2D eigenvalue weighted by atomic mass is 10.1. The van der Waals surface area contributed by atoms with E-state index in [0.29, 0.717) is 13.0 Å². The number of carbonyl (C=O) groups excluding carboxylic acids is 1. The Morgan fingerprint density at radius 2 is 1.87 bits per heavy atom. The predicted octanol–water partition coefficient (Wildman–Crippen LogP) is 3.86. The van der Waals surface area contributed by atoms with Crippen molar-refractivity contribution >= 4 is 5.97 Å². The Kier molecular flexibility index (Phi) is 10.7. The molecule has 0 spiro atoms. The summed E-state index contributed by atoms with van der Waals surface area (Å²) >= 11 is 0. The van der Waals surface area contributed by atoms with Gasteiger partial charge >= 0.3 is 5.97 Å². The molecular weight excluding hydrogens is 188 g/mol. The summed E-state index contributed by atoms with van der Waals surface area (Å²) in [4.78, 5) is 11.0. The first-order valence-corrected chi connectivity index (χ1v) is 6.07. The van der Waals surface area contributed by atoms with Crippen LogP contribution in [0.3, 0.4) is 0 Å². The van der Waals surface area contributed by atoms with Gasteiger partial charge in [-0.25, -0.2) is 0 Å². The van der Waals surface area contributed by atoms with Crippen molar-refractivity contribution in [3.05, 3.63) is 12.7 Å². The minimum Gasteiger partial charge on any atom is -0.466 e. The first kappa shape index (κ1) is 14.2. The highest BCUT2D eigenvalue weighted by atomic mass is 16.5. The van der Waals surface area contributed by atoms with E-state index in [0.717, 1.165) is 25.7 Å². The molecule has 0 aromatic heterocycles. The number of esters is 1. The van der Waals surface area contributed by atoms with Crippen LogP contribution in [0.2, 0.25) is 0 Å². The summed E-state index contributed by atoms with van der Waals surface area (Å²) in [5.74, 6) is -0.0517. The molecule has 0 bridgehead atoms. The molecule has 0 aliphatic heterocycles. The zero-order valence-corrected chi connectivity index (χ0v) is 9.96. The van der Waals surface area contributed by atoms with E-state index in [9.17, 15) is 4.79 Å². The van der Waals surface area contributed by atoms with Gasteiger partial charge in [-0.3, -0.25) is 4.79 Å². The molecule has 0 rings (SSSR count). The lowest BCUT2D eigenvalue weighted by Gasteiger charge is -2.03. The average molecular weight is 212 g/mol. The molecule has 0 aliphatic carbocycles. The van der Waals surface area contributed by atoms with Gasteiger partial charge in [0.05, 0.1) is 6.61 Å². The maximum absolute atomic E-state index is 11.0. The summed E-state index contributed by atoms with van der Waals surface area (Å²) < 4.78 is 5.06. The van der Waals surface area contributed by atoms with Crippen LogP contribution in [0, 0.1) is 0 Å². The monoisotopic (exact) mass is 212 g/mol. The van der Waals surface area contributed by atoms with Crippen LogP contribution in [0.15, 0.2) is 12.7 Å². The van der Waals surface area contributed by atoms with E-state index in [1.807, 2.05) is 13.0 Å². The lowest BCUT2D eigenvalue weighted by Crippen LogP contribution is -2.04. The van der Waals surface area contributed by atoms with E-state index in [2.05, 4.69) is 6.58 Å². The van der Waals surface area contributed by atoms with Crippen molar-refractivity contribution in [2.45, 2.75) is 58.3 Å². The third-order valence-corrected chi connectivity index (χ3v) is 2.27. The fourth-order valence-corrected chi connectivity index (χ4v) is 1.38. The Bertz CT molecular complexity index is 164. The van der Waals surface area contributed by atoms with E-state index < -0.39 is 0 Å². The number of unbranched alkanes of at least 4 members (excludes halogenated alkanes) is 5. The van der Waals surface area contributed by atoms with Crippen LogP contribution < -0.4 is 0 Å². The van der Waals surface area contributed by atoms with Gasteiger partial charge in [0, 0.05) is 6.42 Å². The van der Waals surface area contributed by atoms with Crippen molar-refractivity contribution in [2.75, 3.05) is 6.61 Å². The standard InChI is InChI=1S/C13H24O2/c1-3-5-6-7-8-9-10-12-15-13(14)11-4-2/h3H,1,4-12H2,2H3. The third kappa shape index (κ3) is 11.1. The van der Waals surface area contributed by atoms with Crippen molar-refractivity contribution in [3.63, 3.8) is 0 Å². The number of rotatable bonds is 10. The molecule has 2 nitrogen and oxygen atoms in total. The minimum absolute atomic E-state index is 0.0517. The first-order chi connectivity index (χ1) is 7.31. The van der Waals surface area contributed by atoms with Crippen LogP contribution in [0.25, 0.3) is 0 Å². The molecule has 15 heavy (non-hydrogen) atoms. The van der Waals surface area contributed by atoms with E-state index in [-0.39, 0.29) is 5.97 Å².